The van der Waals surface area contributed by atoms with Crippen molar-refractivity contribution in [2.75, 3.05) is 12.8 Å². The Morgan fingerprint density at radius 1 is 1.39 bits per heavy atom. The van der Waals surface area contributed by atoms with Crippen molar-refractivity contribution >= 4 is 39.2 Å². The van der Waals surface area contributed by atoms with E-state index in [2.05, 4.69) is 0 Å². The number of anilines is 1. The lowest BCUT2D eigenvalue weighted by Gasteiger charge is -2.11. The molecule has 0 aliphatic carbocycles. The molecular weight excluding hydrogens is 360 g/mol. The third-order valence-electron chi connectivity index (χ3n) is 2.59. The van der Waals surface area contributed by atoms with Crippen molar-refractivity contribution in [2.24, 2.45) is 0 Å². The molecule has 2 aromatic rings. The van der Waals surface area contributed by atoms with Gasteiger partial charge in [-0.3, -0.25) is 0 Å². The molecule has 1 aromatic heterocycles. The number of hydrogen-bond donors (Lipinski definition) is 1. The molecule has 0 unspecified atom stereocenters. The van der Waals surface area contributed by atoms with Crippen LogP contribution in [0, 0.1) is 3.70 Å². The van der Waals surface area contributed by atoms with Gasteiger partial charge in [-0.15, -0.1) is 0 Å². The van der Waals surface area contributed by atoms with Gasteiger partial charge < -0.3 is 15.0 Å². The van der Waals surface area contributed by atoms with Crippen molar-refractivity contribution in [1.29, 1.82) is 0 Å². The van der Waals surface area contributed by atoms with Gasteiger partial charge in [0.25, 0.3) is 0 Å². The molecule has 0 radical (unpaired) electrons. The van der Waals surface area contributed by atoms with E-state index in [1.807, 2.05) is 22.6 Å². The van der Waals surface area contributed by atoms with Crippen LogP contribution in [-0.2, 0) is 6.54 Å². The first kappa shape index (κ1) is 13.3. The highest BCUT2D eigenvalue weighted by Gasteiger charge is 2.29. The standard InChI is InChI=1S/C11H10F3IN2O/c1-18-8-3-2-7-6(10(8)16)4-9(15)17(7)5-11(12,13)14/h2-4H,5,16H2,1H3. The largest absolute Gasteiger partial charge is 0.495 e. The summed E-state index contributed by atoms with van der Waals surface area (Å²) in [6, 6.07) is 4.78. The van der Waals surface area contributed by atoms with E-state index in [1.54, 1.807) is 18.2 Å². The molecule has 0 aliphatic rings. The molecule has 0 fully saturated rings. The topological polar surface area (TPSA) is 40.2 Å². The number of hydrogen-bond acceptors (Lipinski definition) is 2. The van der Waals surface area contributed by atoms with Crippen LogP contribution in [0.15, 0.2) is 18.2 Å². The number of nitrogen functional groups attached to an aromatic ring is 1. The van der Waals surface area contributed by atoms with Gasteiger partial charge in [0, 0.05) is 5.39 Å². The maximum Gasteiger partial charge on any atom is 0.406 e. The van der Waals surface area contributed by atoms with Gasteiger partial charge >= 0.3 is 6.18 Å². The van der Waals surface area contributed by atoms with E-state index in [1.165, 1.54) is 11.7 Å². The maximum absolute atomic E-state index is 12.5. The molecule has 0 atom stereocenters. The zero-order valence-electron chi connectivity index (χ0n) is 9.38. The molecule has 0 amide bonds. The summed E-state index contributed by atoms with van der Waals surface area (Å²) in [5.74, 6) is 0.461. The fourth-order valence-corrected chi connectivity index (χ4v) is 2.56. The number of nitrogens with zero attached hydrogens (tertiary/aromatic N) is 1. The van der Waals surface area contributed by atoms with Gasteiger partial charge in [-0.2, -0.15) is 13.2 Å². The minimum atomic E-state index is -4.26. The first-order valence-corrected chi connectivity index (χ1v) is 6.09. The number of halogens is 4. The van der Waals surface area contributed by atoms with Crippen molar-refractivity contribution in [3.8, 4) is 5.75 Å². The van der Waals surface area contributed by atoms with Gasteiger partial charge in [0.1, 0.15) is 12.3 Å². The van der Waals surface area contributed by atoms with E-state index in [4.69, 9.17) is 10.5 Å². The Bertz CT molecular complexity index is 592. The smallest absolute Gasteiger partial charge is 0.406 e. The van der Waals surface area contributed by atoms with Gasteiger partial charge in [-0.25, -0.2) is 0 Å². The number of fused-ring (bicyclic) bond motifs is 1. The summed E-state index contributed by atoms with van der Waals surface area (Å²) in [7, 11) is 1.47. The van der Waals surface area contributed by atoms with Crippen LogP contribution in [0.25, 0.3) is 10.9 Å². The maximum atomic E-state index is 12.5. The predicted molar refractivity (Wildman–Crippen MR) is 71.7 cm³/mol. The summed E-state index contributed by atoms with van der Waals surface area (Å²) >= 11 is 1.86. The zero-order valence-corrected chi connectivity index (χ0v) is 11.5. The van der Waals surface area contributed by atoms with Gasteiger partial charge in [0.15, 0.2) is 0 Å². The van der Waals surface area contributed by atoms with Crippen LogP contribution in [0.1, 0.15) is 0 Å². The molecule has 1 aromatic carbocycles. The SMILES string of the molecule is COc1ccc2c(cc(I)n2CC(F)(F)F)c1N. The Hall–Kier alpha value is -1.12. The first-order valence-electron chi connectivity index (χ1n) is 5.01. The van der Waals surface area contributed by atoms with E-state index in [-0.39, 0.29) is 0 Å². The highest BCUT2D eigenvalue weighted by Crippen LogP contribution is 2.34. The number of aromatic nitrogens is 1. The van der Waals surface area contributed by atoms with Crippen LogP contribution in [0.3, 0.4) is 0 Å². The monoisotopic (exact) mass is 370 g/mol. The molecule has 0 bridgehead atoms. The molecule has 18 heavy (non-hydrogen) atoms. The number of rotatable bonds is 2. The minimum Gasteiger partial charge on any atom is -0.495 e. The lowest BCUT2D eigenvalue weighted by atomic mass is 10.2. The van der Waals surface area contributed by atoms with E-state index in [0.717, 1.165) is 0 Å². The molecule has 7 heteroatoms. The summed E-state index contributed by atoms with van der Waals surface area (Å²) in [6.45, 7) is -1.03. The van der Waals surface area contributed by atoms with Gasteiger partial charge in [-0.05, 0) is 40.8 Å². The fourth-order valence-electron chi connectivity index (χ4n) is 1.82. The summed E-state index contributed by atoms with van der Waals surface area (Å²) < 4.78 is 44.2. The van der Waals surface area contributed by atoms with Crippen LogP contribution >= 0.6 is 22.6 Å². The molecule has 0 aliphatic heterocycles. The zero-order chi connectivity index (χ0) is 13.5. The molecule has 3 nitrogen and oxygen atoms in total. The molecule has 98 valence electrons. The van der Waals surface area contributed by atoms with E-state index in [9.17, 15) is 13.2 Å². The number of nitrogens with two attached hydrogens (primary N) is 1. The summed E-state index contributed by atoms with van der Waals surface area (Å²) in [4.78, 5) is 0. The third-order valence-corrected chi connectivity index (χ3v) is 3.49. The van der Waals surface area contributed by atoms with Gasteiger partial charge in [0.2, 0.25) is 0 Å². The number of benzene rings is 1. The van der Waals surface area contributed by atoms with Crippen LogP contribution in [-0.4, -0.2) is 17.9 Å². The normalized spacial score (nSPS) is 12.1. The van der Waals surface area contributed by atoms with Crippen molar-refractivity contribution in [2.45, 2.75) is 12.7 Å². The second kappa shape index (κ2) is 4.52. The molecule has 2 rings (SSSR count). The lowest BCUT2D eigenvalue weighted by molar-refractivity contribution is -0.140. The van der Waals surface area contributed by atoms with Gasteiger partial charge in [0.05, 0.1) is 22.0 Å². The van der Waals surface area contributed by atoms with Crippen molar-refractivity contribution in [3.05, 3.63) is 21.9 Å². The number of ether oxygens (including phenoxy) is 1. The van der Waals surface area contributed by atoms with Crippen LogP contribution in [0.4, 0.5) is 18.9 Å². The Kier molecular flexibility index (Phi) is 3.35. The molecule has 0 spiro atoms. The van der Waals surface area contributed by atoms with Crippen LogP contribution in [0.2, 0.25) is 0 Å². The van der Waals surface area contributed by atoms with E-state index in [0.29, 0.717) is 26.0 Å². The lowest BCUT2D eigenvalue weighted by Crippen LogP contribution is -2.18. The molecule has 2 N–H and O–H groups in total. The fraction of sp³-hybridized carbons (Fsp3) is 0.273. The van der Waals surface area contributed by atoms with Crippen molar-refractivity contribution in [1.82, 2.24) is 4.57 Å². The summed E-state index contributed by atoms with van der Waals surface area (Å²) in [5.41, 5.74) is 6.66. The molecular formula is C11H10F3IN2O. The number of alkyl halides is 3. The quantitative estimate of drug-likeness (QED) is 0.650. The average molecular weight is 370 g/mol. The van der Waals surface area contributed by atoms with E-state index < -0.39 is 12.7 Å². The Morgan fingerprint density at radius 2 is 2.06 bits per heavy atom. The van der Waals surface area contributed by atoms with Crippen molar-refractivity contribution in [3.63, 3.8) is 0 Å². The average Bonchev–Trinajstić information content (AvgIpc) is 2.56. The summed E-state index contributed by atoms with van der Waals surface area (Å²) in [5, 5.41) is 0.572. The highest BCUT2D eigenvalue weighted by atomic mass is 127. The Morgan fingerprint density at radius 3 is 2.61 bits per heavy atom. The summed E-state index contributed by atoms with van der Waals surface area (Å²) in [6.07, 6.45) is -4.26. The molecule has 0 saturated carbocycles. The third kappa shape index (κ3) is 2.36. The first-order chi connectivity index (χ1) is 8.33. The predicted octanol–water partition coefficient (Wildman–Crippen LogP) is 3.40. The highest BCUT2D eigenvalue weighted by molar-refractivity contribution is 14.1. The molecule has 0 saturated heterocycles. The van der Waals surface area contributed by atoms with Crippen molar-refractivity contribution < 1.29 is 17.9 Å². The van der Waals surface area contributed by atoms with Gasteiger partial charge in [-0.1, -0.05) is 0 Å². The second-order valence-electron chi connectivity index (χ2n) is 3.78. The Labute approximate surface area is 115 Å². The van der Waals surface area contributed by atoms with Crippen LogP contribution < -0.4 is 10.5 Å². The number of methoxy groups -OCH3 is 1. The van der Waals surface area contributed by atoms with E-state index >= 15 is 0 Å². The minimum absolute atomic E-state index is 0.355. The Balaban J connectivity index is 2.62. The molecule has 1 heterocycles. The van der Waals surface area contributed by atoms with Crippen LogP contribution in [0.5, 0.6) is 5.75 Å². The second-order valence-corrected chi connectivity index (χ2v) is 4.89.